The van der Waals surface area contributed by atoms with Crippen molar-refractivity contribution in [1.29, 1.82) is 0 Å². The second-order valence-electron chi connectivity index (χ2n) is 5.36. The summed E-state index contributed by atoms with van der Waals surface area (Å²) in [4.78, 5) is 11.8. The van der Waals surface area contributed by atoms with Gasteiger partial charge in [-0.1, -0.05) is 25.1 Å². The van der Waals surface area contributed by atoms with Crippen molar-refractivity contribution in [3.8, 4) is 0 Å². The summed E-state index contributed by atoms with van der Waals surface area (Å²) in [6.45, 7) is 4.13. The topological polar surface area (TPSA) is 29.1 Å². The number of aryl methyl sites for hydroxylation is 2. The van der Waals surface area contributed by atoms with Gasteiger partial charge in [0.05, 0.1) is 6.42 Å². The molecule has 18 heavy (non-hydrogen) atoms. The molecule has 1 amide bonds. The molecule has 0 bridgehead atoms. The van der Waals surface area contributed by atoms with Crippen molar-refractivity contribution in [1.82, 2.24) is 5.32 Å². The molecule has 1 aromatic carbocycles. The highest BCUT2D eigenvalue weighted by Crippen LogP contribution is 2.22. The number of hydrogen-bond acceptors (Lipinski definition) is 1. The van der Waals surface area contributed by atoms with Crippen molar-refractivity contribution in [2.24, 2.45) is 0 Å². The summed E-state index contributed by atoms with van der Waals surface area (Å²) in [5, 5.41) is 3.02. The monoisotopic (exact) mass is 245 g/mol. The fraction of sp³-hybridized carbons (Fsp3) is 0.562. The van der Waals surface area contributed by atoms with Gasteiger partial charge in [0.25, 0.3) is 0 Å². The van der Waals surface area contributed by atoms with Gasteiger partial charge in [-0.2, -0.15) is 0 Å². The van der Waals surface area contributed by atoms with E-state index in [0.29, 0.717) is 6.42 Å². The number of amides is 1. The normalized spacial score (nSPS) is 15.9. The van der Waals surface area contributed by atoms with Crippen LogP contribution in [0.1, 0.15) is 49.8 Å². The number of carbonyl (C=O) groups is 1. The van der Waals surface area contributed by atoms with Crippen LogP contribution in [0.15, 0.2) is 18.2 Å². The highest BCUT2D eigenvalue weighted by Gasteiger charge is 2.11. The molecule has 1 aliphatic rings. The lowest BCUT2D eigenvalue weighted by Gasteiger charge is -2.17. The van der Waals surface area contributed by atoms with Crippen molar-refractivity contribution in [2.45, 2.75) is 58.4 Å². The van der Waals surface area contributed by atoms with Crippen molar-refractivity contribution >= 4 is 5.91 Å². The Kier molecular flexibility index (Phi) is 4.40. The summed E-state index contributed by atoms with van der Waals surface area (Å²) in [6.07, 6.45) is 6.47. The summed E-state index contributed by atoms with van der Waals surface area (Å²) in [5.41, 5.74) is 4.08. The van der Waals surface area contributed by atoms with Crippen molar-refractivity contribution in [3.05, 3.63) is 34.9 Å². The van der Waals surface area contributed by atoms with E-state index in [1.54, 1.807) is 0 Å². The Balaban J connectivity index is 1.99. The molecule has 1 aromatic rings. The van der Waals surface area contributed by atoms with Crippen LogP contribution in [-0.2, 0) is 24.1 Å². The van der Waals surface area contributed by atoms with E-state index in [1.165, 1.54) is 36.8 Å². The molecular weight excluding hydrogens is 222 g/mol. The van der Waals surface area contributed by atoms with Gasteiger partial charge in [0.1, 0.15) is 0 Å². The number of nitrogens with one attached hydrogen (secondary N) is 1. The molecule has 1 atom stereocenters. The van der Waals surface area contributed by atoms with E-state index in [0.717, 1.165) is 12.0 Å². The predicted molar refractivity (Wildman–Crippen MR) is 74.7 cm³/mol. The van der Waals surface area contributed by atoms with Crippen LogP contribution in [0.25, 0.3) is 0 Å². The van der Waals surface area contributed by atoms with Gasteiger partial charge in [0.15, 0.2) is 0 Å². The number of benzene rings is 1. The van der Waals surface area contributed by atoms with Gasteiger partial charge in [-0.05, 0) is 55.7 Å². The van der Waals surface area contributed by atoms with E-state index in [2.05, 4.69) is 30.4 Å². The molecule has 0 aromatic heterocycles. The molecule has 2 rings (SSSR count). The molecule has 2 heteroatoms. The number of hydrogen-bond donors (Lipinski definition) is 1. The largest absolute Gasteiger partial charge is 0.353 e. The lowest BCUT2D eigenvalue weighted by Crippen LogP contribution is -2.33. The average molecular weight is 245 g/mol. The predicted octanol–water partition coefficient (Wildman–Crippen LogP) is 3.02. The molecule has 1 aliphatic carbocycles. The minimum absolute atomic E-state index is 0.139. The van der Waals surface area contributed by atoms with E-state index < -0.39 is 0 Å². The van der Waals surface area contributed by atoms with Gasteiger partial charge < -0.3 is 5.32 Å². The fourth-order valence-corrected chi connectivity index (χ4v) is 2.51. The Morgan fingerprint density at radius 3 is 2.72 bits per heavy atom. The maximum atomic E-state index is 11.8. The zero-order valence-corrected chi connectivity index (χ0v) is 11.5. The molecule has 0 spiro atoms. The molecule has 0 saturated carbocycles. The molecule has 0 fully saturated rings. The Morgan fingerprint density at radius 1 is 1.28 bits per heavy atom. The number of rotatable bonds is 4. The second kappa shape index (κ2) is 6.03. The summed E-state index contributed by atoms with van der Waals surface area (Å²) in [6, 6.07) is 6.82. The van der Waals surface area contributed by atoms with Crippen molar-refractivity contribution < 1.29 is 4.79 Å². The molecule has 0 radical (unpaired) electrons. The van der Waals surface area contributed by atoms with Crippen molar-refractivity contribution in [2.75, 3.05) is 0 Å². The quantitative estimate of drug-likeness (QED) is 0.868. The first kappa shape index (κ1) is 13.1. The van der Waals surface area contributed by atoms with E-state index in [-0.39, 0.29) is 11.9 Å². The summed E-state index contributed by atoms with van der Waals surface area (Å²) in [7, 11) is 0. The maximum Gasteiger partial charge on any atom is 0.224 e. The molecule has 1 N–H and O–H groups in total. The standard InChI is InChI=1S/C16H23NO/c1-3-12(2)17-16(18)11-13-8-9-14-6-4-5-7-15(14)10-13/h8-10,12H,3-7,11H2,1-2H3,(H,17,18). The van der Waals surface area contributed by atoms with Crippen LogP contribution in [0, 0.1) is 0 Å². The Morgan fingerprint density at radius 2 is 2.00 bits per heavy atom. The van der Waals surface area contributed by atoms with E-state index in [9.17, 15) is 4.79 Å². The first-order chi connectivity index (χ1) is 8.69. The molecule has 0 aliphatic heterocycles. The summed E-state index contributed by atoms with van der Waals surface area (Å²) in [5.74, 6) is 0.139. The first-order valence-corrected chi connectivity index (χ1v) is 7.09. The lowest BCUT2D eigenvalue weighted by atomic mass is 9.90. The molecule has 0 saturated heterocycles. The van der Waals surface area contributed by atoms with Gasteiger partial charge in [0, 0.05) is 6.04 Å². The van der Waals surface area contributed by atoms with Crippen LogP contribution >= 0.6 is 0 Å². The fourth-order valence-electron chi connectivity index (χ4n) is 2.51. The Hall–Kier alpha value is -1.31. The molecule has 1 unspecified atom stereocenters. The molecular formula is C16H23NO. The molecule has 98 valence electrons. The number of carbonyl (C=O) groups excluding carboxylic acids is 1. The van der Waals surface area contributed by atoms with Gasteiger partial charge in [0.2, 0.25) is 5.91 Å². The van der Waals surface area contributed by atoms with Gasteiger partial charge in [-0.25, -0.2) is 0 Å². The zero-order chi connectivity index (χ0) is 13.0. The SMILES string of the molecule is CCC(C)NC(=O)Cc1ccc2c(c1)CCCC2. The average Bonchev–Trinajstić information content (AvgIpc) is 2.38. The summed E-state index contributed by atoms with van der Waals surface area (Å²) < 4.78 is 0. The highest BCUT2D eigenvalue weighted by atomic mass is 16.1. The van der Waals surface area contributed by atoms with Gasteiger partial charge in [-0.3, -0.25) is 4.79 Å². The van der Waals surface area contributed by atoms with Crippen LogP contribution in [0.4, 0.5) is 0 Å². The smallest absolute Gasteiger partial charge is 0.224 e. The van der Waals surface area contributed by atoms with Crippen LogP contribution in [0.5, 0.6) is 0 Å². The minimum atomic E-state index is 0.139. The molecule has 2 nitrogen and oxygen atoms in total. The highest BCUT2D eigenvalue weighted by molar-refractivity contribution is 5.78. The van der Waals surface area contributed by atoms with E-state index in [4.69, 9.17) is 0 Å². The van der Waals surface area contributed by atoms with Crippen LogP contribution in [0.3, 0.4) is 0 Å². The third kappa shape index (κ3) is 3.34. The maximum absolute atomic E-state index is 11.8. The Labute approximate surface area is 110 Å². The third-order valence-corrected chi connectivity index (χ3v) is 3.80. The molecule has 0 heterocycles. The van der Waals surface area contributed by atoms with Crippen LogP contribution < -0.4 is 5.32 Å². The third-order valence-electron chi connectivity index (χ3n) is 3.80. The Bertz CT molecular complexity index is 425. The number of fused-ring (bicyclic) bond motifs is 1. The lowest BCUT2D eigenvalue weighted by molar-refractivity contribution is -0.121. The zero-order valence-electron chi connectivity index (χ0n) is 11.5. The minimum Gasteiger partial charge on any atom is -0.353 e. The van der Waals surface area contributed by atoms with Crippen LogP contribution in [-0.4, -0.2) is 11.9 Å². The first-order valence-electron chi connectivity index (χ1n) is 7.09. The van der Waals surface area contributed by atoms with Crippen LogP contribution in [0.2, 0.25) is 0 Å². The second-order valence-corrected chi connectivity index (χ2v) is 5.36. The van der Waals surface area contributed by atoms with Gasteiger partial charge in [-0.15, -0.1) is 0 Å². The van der Waals surface area contributed by atoms with Crippen molar-refractivity contribution in [3.63, 3.8) is 0 Å². The van der Waals surface area contributed by atoms with E-state index in [1.807, 2.05) is 6.92 Å². The van der Waals surface area contributed by atoms with E-state index >= 15 is 0 Å². The van der Waals surface area contributed by atoms with Gasteiger partial charge >= 0.3 is 0 Å². The summed E-state index contributed by atoms with van der Waals surface area (Å²) >= 11 is 0.